The number of anilines is 1. The molecule has 2 aromatic heterocycles. The fourth-order valence-corrected chi connectivity index (χ4v) is 4.10. The molecular formula is C19H27N7O2. The van der Waals surface area contributed by atoms with E-state index in [2.05, 4.69) is 25.1 Å². The Labute approximate surface area is 163 Å². The first kappa shape index (κ1) is 18.7. The molecule has 2 aliphatic rings. The van der Waals surface area contributed by atoms with Crippen LogP contribution in [0.2, 0.25) is 0 Å². The quantitative estimate of drug-likeness (QED) is 0.772. The van der Waals surface area contributed by atoms with Gasteiger partial charge in [0.05, 0.1) is 5.69 Å². The number of nitrogens with zero attached hydrogens (tertiary/aromatic N) is 5. The number of fused-ring (bicyclic) bond motifs is 1. The number of amides is 1. The second-order valence-corrected chi connectivity index (χ2v) is 7.95. The van der Waals surface area contributed by atoms with Gasteiger partial charge in [-0.05, 0) is 32.7 Å². The molecule has 0 bridgehead atoms. The van der Waals surface area contributed by atoms with Crippen molar-refractivity contribution < 1.29 is 4.79 Å². The first-order valence-electron chi connectivity index (χ1n) is 9.75. The zero-order valence-electron chi connectivity index (χ0n) is 16.7. The SMILES string of the molecule is CN(C)c1nc(CN(C)[C@H]2CCN(C(=O)c3n[nH]c4c3CCC4)C2)cc(=O)[nH]1. The first-order chi connectivity index (χ1) is 13.4. The minimum Gasteiger partial charge on any atom is -0.348 e. The molecule has 2 aromatic rings. The lowest BCUT2D eigenvalue weighted by Gasteiger charge is -2.24. The van der Waals surface area contributed by atoms with Gasteiger partial charge in [0.2, 0.25) is 5.95 Å². The number of aromatic nitrogens is 4. The molecule has 150 valence electrons. The third kappa shape index (κ3) is 3.54. The fraction of sp³-hybridized carbons (Fsp3) is 0.579. The molecule has 0 aromatic carbocycles. The van der Waals surface area contributed by atoms with E-state index < -0.39 is 0 Å². The summed E-state index contributed by atoms with van der Waals surface area (Å²) < 4.78 is 0. The van der Waals surface area contributed by atoms with Gasteiger partial charge in [0, 0.05) is 57.1 Å². The molecule has 0 saturated carbocycles. The second-order valence-electron chi connectivity index (χ2n) is 7.95. The smallest absolute Gasteiger partial charge is 0.274 e. The highest BCUT2D eigenvalue weighted by atomic mass is 16.2. The Morgan fingerprint density at radius 1 is 1.32 bits per heavy atom. The zero-order chi connectivity index (χ0) is 19.8. The Kier molecular flexibility index (Phi) is 4.92. The van der Waals surface area contributed by atoms with Crippen molar-refractivity contribution in [2.75, 3.05) is 39.1 Å². The molecule has 1 saturated heterocycles. The Morgan fingerprint density at radius 2 is 2.14 bits per heavy atom. The number of likely N-dealkylation sites (N-methyl/N-ethyl adjacent to an activating group) is 1. The van der Waals surface area contributed by atoms with Crippen molar-refractivity contribution in [3.63, 3.8) is 0 Å². The summed E-state index contributed by atoms with van der Waals surface area (Å²) in [5, 5.41) is 7.30. The van der Waals surface area contributed by atoms with Crippen LogP contribution in [-0.2, 0) is 19.4 Å². The van der Waals surface area contributed by atoms with Gasteiger partial charge in [-0.25, -0.2) is 4.98 Å². The van der Waals surface area contributed by atoms with E-state index in [1.54, 1.807) is 4.90 Å². The highest BCUT2D eigenvalue weighted by Gasteiger charge is 2.33. The minimum absolute atomic E-state index is 0.0273. The summed E-state index contributed by atoms with van der Waals surface area (Å²) in [4.78, 5) is 37.9. The maximum absolute atomic E-state index is 12.9. The van der Waals surface area contributed by atoms with Crippen LogP contribution in [0.1, 0.15) is 40.3 Å². The van der Waals surface area contributed by atoms with Crippen molar-refractivity contribution in [3.8, 4) is 0 Å². The summed E-state index contributed by atoms with van der Waals surface area (Å²) in [6.45, 7) is 1.96. The van der Waals surface area contributed by atoms with Crippen LogP contribution < -0.4 is 10.5 Å². The second kappa shape index (κ2) is 7.38. The van der Waals surface area contributed by atoms with Gasteiger partial charge in [0.1, 0.15) is 0 Å². The molecule has 4 rings (SSSR count). The summed E-state index contributed by atoms with van der Waals surface area (Å²) in [5.74, 6) is 0.575. The molecule has 1 amide bonds. The first-order valence-corrected chi connectivity index (χ1v) is 9.75. The Bertz CT molecular complexity index is 933. The van der Waals surface area contributed by atoms with E-state index in [1.165, 1.54) is 6.07 Å². The maximum atomic E-state index is 12.9. The van der Waals surface area contributed by atoms with E-state index in [9.17, 15) is 9.59 Å². The van der Waals surface area contributed by atoms with Gasteiger partial charge >= 0.3 is 0 Å². The molecule has 28 heavy (non-hydrogen) atoms. The van der Waals surface area contributed by atoms with Gasteiger partial charge in [-0.15, -0.1) is 0 Å². The Hall–Kier alpha value is -2.68. The lowest BCUT2D eigenvalue weighted by Crippen LogP contribution is -2.37. The highest BCUT2D eigenvalue weighted by molar-refractivity contribution is 5.94. The predicted octanol–water partition coefficient (Wildman–Crippen LogP) is 0.394. The number of carbonyl (C=O) groups is 1. The monoisotopic (exact) mass is 385 g/mol. The van der Waals surface area contributed by atoms with Gasteiger partial charge in [0.25, 0.3) is 11.5 Å². The van der Waals surface area contributed by atoms with Crippen LogP contribution in [0.15, 0.2) is 10.9 Å². The van der Waals surface area contributed by atoms with E-state index >= 15 is 0 Å². The Balaban J connectivity index is 1.41. The predicted molar refractivity (Wildman–Crippen MR) is 106 cm³/mol. The van der Waals surface area contributed by atoms with Crippen LogP contribution >= 0.6 is 0 Å². The largest absolute Gasteiger partial charge is 0.348 e. The molecule has 1 aliphatic heterocycles. The molecular weight excluding hydrogens is 358 g/mol. The molecule has 9 heteroatoms. The van der Waals surface area contributed by atoms with Gasteiger partial charge in [-0.1, -0.05) is 0 Å². The average Bonchev–Trinajstić information content (AvgIpc) is 3.37. The topological polar surface area (TPSA) is 101 Å². The van der Waals surface area contributed by atoms with Crippen molar-refractivity contribution >= 4 is 11.9 Å². The standard InChI is InChI=1S/C19H27N7O2/c1-24(2)19-20-12(9-16(27)21-19)10-25(3)13-7-8-26(11-13)18(28)17-14-5-4-6-15(14)22-23-17/h9,13H,4-8,10-11H2,1-3H3,(H,22,23)(H,20,21,27)/t13-/m0/s1. The summed E-state index contributed by atoms with van der Waals surface area (Å²) in [6.07, 6.45) is 3.91. The van der Waals surface area contributed by atoms with Gasteiger partial charge < -0.3 is 9.80 Å². The van der Waals surface area contributed by atoms with Gasteiger partial charge in [-0.3, -0.25) is 24.6 Å². The Morgan fingerprint density at radius 3 is 2.93 bits per heavy atom. The van der Waals surface area contributed by atoms with E-state index in [0.717, 1.165) is 49.2 Å². The zero-order valence-corrected chi connectivity index (χ0v) is 16.7. The molecule has 1 aliphatic carbocycles. The minimum atomic E-state index is -0.155. The van der Waals surface area contributed by atoms with E-state index in [1.807, 2.05) is 26.0 Å². The third-order valence-electron chi connectivity index (χ3n) is 5.70. The van der Waals surface area contributed by atoms with Crippen molar-refractivity contribution in [2.24, 2.45) is 0 Å². The lowest BCUT2D eigenvalue weighted by molar-refractivity contribution is 0.0772. The van der Waals surface area contributed by atoms with Crippen LogP contribution in [0.4, 0.5) is 5.95 Å². The molecule has 9 nitrogen and oxygen atoms in total. The number of likely N-dealkylation sites (tertiary alicyclic amines) is 1. The molecule has 1 fully saturated rings. The van der Waals surface area contributed by atoms with E-state index in [-0.39, 0.29) is 17.5 Å². The maximum Gasteiger partial charge on any atom is 0.274 e. The summed E-state index contributed by atoms with van der Waals surface area (Å²) >= 11 is 0. The summed E-state index contributed by atoms with van der Waals surface area (Å²) in [5.41, 5.74) is 3.39. The normalized spacial score (nSPS) is 18.7. The number of aromatic amines is 2. The van der Waals surface area contributed by atoms with E-state index in [4.69, 9.17) is 0 Å². The number of H-pyrrole nitrogens is 2. The van der Waals surface area contributed by atoms with Crippen molar-refractivity contribution in [2.45, 2.75) is 38.3 Å². The van der Waals surface area contributed by atoms with Crippen molar-refractivity contribution in [1.29, 1.82) is 0 Å². The van der Waals surface area contributed by atoms with Gasteiger partial charge in [-0.2, -0.15) is 5.10 Å². The number of aryl methyl sites for hydroxylation is 1. The molecule has 1 atom stereocenters. The van der Waals surface area contributed by atoms with E-state index in [0.29, 0.717) is 24.7 Å². The number of rotatable bonds is 5. The molecule has 0 unspecified atom stereocenters. The molecule has 0 radical (unpaired) electrons. The fourth-order valence-electron chi connectivity index (χ4n) is 4.10. The third-order valence-corrected chi connectivity index (χ3v) is 5.70. The van der Waals surface area contributed by atoms with Crippen molar-refractivity contribution in [1.82, 2.24) is 30.0 Å². The van der Waals surface area contributed by atoms with Gasteiger partial charge in [0.15, 0.2) is 5.69 Å². The lowest BCUT2D eigenvalue weighted by atomic mass is 10.2. The molecule has 3 heterocycles. The molecule has 0 spiro atoms. The summed E-state index contributed by atoms with van der Waals surface area (Å²) in [6, 6.07) is 1.77. The number of hydrogen-bond donors (Lipinski definition) is 2. The highest BCUT2D eigenvalue weighted by Crippen LogP contribution is 2.25. The summed E-state index contributed by atoms with van der Waals surface area (Å²) in [7, 11) is 5.71. The van der Waals surface area contributed by atoms with Crippen LogP contribution in [0.25, 0.3) is 0 Å². The molecule has 2 N–H and O–H groups in total. The number of carbonyl (C=O) groups excluding carboxylic acids is 1. The average molecular weight is 385 g/mol. The number of hydrogen-bond acceptors (Lipinski definition) is 6. The van der Waals surface area contributed by atoms with Crippen LogP contribution in [-0.4, -0.2) is 76.1 Å². The number of nitrogens with one attached hydrogen (secondary N) is 2. The van der Waals surface area contributed by atoms with Crippen LogP contribution in [0.3, 0.4) is 0 Å². The van der Waals surface area contributed by atoms with Crippen LogP contribution in [0, 0.1) is 0 Å². The van der Waals surface area contributed by atoms with Crippen molar-refractivity contribution in [3.05, 3.63) is 39.1 Å². The van der Waals surface area contributed by atoms with Crippen LogP contribution in [0.5, 0.6) is 0 Å².